The molecule has 7 nitrogen and oxygen atoms in total. The Morgan fingerprint density at radius 3 is 2.77 bits per heavy atom. The third-order valence-corrected chi connectivity index (χ3v) is 5.03. The molecule has 31 heavy (non-hydrogen) atoms. The minimum atomic E-state index is -0.461. The number of amides is 1. The van der Waals surface area contributed by atoms with Crippen molar-refractivity contribution < 1.29 is 13.9 Å². The van der Waals surface area contributed by atoms with Gasteiger partial charge in [-0.1, -0.05) is 30.3 Å². The Morgan fingerprint density at radius 1 is 1.29 bits per heavy atom. The van der Waals surface area contributed by atoms with Gasteiger partial charge in [0.1, 0.15) is 18.2 Å². The molecular formula is C23H28FN5O2. The van der Waals surface area contributed by atoms with Crippen LogP contribution in [-0.2, 0) is 4.79 Å². The van der Waals surface area contributed by atoms with Crippen molar-refractivity contribution in [2.75, 3.05) is 38.6 Å². The molecule has 0 aliphatic carbocycles. The van der Waals surface area contributed by atoms with Gasteiger partial charge in [0.05, 0.1) is 11.9 Å². The van der Waals surface area contributed by atoms with E-state index in [0.29, 0.717) is 42.1 Å². The summed E-state index contributed by atoms with van der Waals surface area (Å²) in [4.78, 5) is 10.6. The average Bonchev–Trinajstić information content (AvgIpc) is 3.51. The number of carbonyl (C=O) groups is 1. The van der Waals surface area contributed by atoms with Crippen molar-refractivity contribution in [3.63, 3.8) is 0 Å². The number of aromatic amines is 1. The van der Waals surface area contributed by atoms with Crippen LogP contribution >= 0.6 is 0 Å². The number of aromatic nitrogens is 2. The summed E-state index contributed by atoms with van der Waals surface area (Å²) in [5, 5.41) is 15.2. The maximum absolute atomic E-state index is 14.0. The van der Waals surface area contributed by atoms with Crippen LogP contribution < -0.4 is 20.7 Å². The molecule has 8 heteroatoms. The minimum Gasteiger partial charge on any atom is -0.490 e. The first-order chi connectivity index (χ1) is 15.2. The minimum absolute atomic E-state index is 0.292. The summed E-state index contributed by atoms with van der Waals surface area (Å²) in [5.74, 6) is 0.706. The highest BCUT2D eigenvalue weighted by Gasteiger charge is 2.15. The predicted octanol–water partition coefficient (Wildman–Crippen LogP) is 3.15. The summed E-state index contributed by atoms with van der Waals surface area (Å²) in [5.41, 5.74) is 2.74. The molecule has 1 unspecified atom stereocenters. The van der Waals surface area contributed by atoms with Crippen molar-refractivity contribution >= 4 is 12.1 Å². The molecule has 2 heterocycles. The zero-order chi connectivity index (χ0) is 21.9. The Balaban J connectivity index is 0.000000207. The van der Waals surface area contributed by atoms with E-state index in [-0.39, 0.29) is 0 Å². The van der Waals surface area contributed by atoms with E-state index in [1.807, 2.05) is 0 Å². The smallest absolute Gasteiger partial charge is 0.211 e. The number of benzene rings is 2. The van der Waals surface area contributed by atoms with Crippen molar-refractivity contribution in [1.82, 2.24) is 20.8 Å². The molecule has 0 saturated carbocycles. The van der Waals surface area contributed by atoms with Gasteiger partial charge in [0, 0.05) is 36.5 Å². The maximum Gasteiger partial charge on any atom is 0.211 e. The van der Waals surface area contributed by atoms with E-state index in [4.69, 9.17) is 4.74 Å². The molecule has 1 aliphatic heterocycles. The molecule has 1 amide bonds. The van der Waals surface area contributed by atoms with Crippen LogP contribution in [0.1, 0.15) is 17.9 Å². The van der Waals surface area contributed by atoms with Crippen LogP contribution in [0, 0.1) is 5.82 Å². The maximum atomic E-state index is 14.0. The summed E-state index contributed by atoms with van der Waals surface area (Å²) in [6.07, 6.45) is 4.88. The predicted molar refractivity (Wildman–Crippen MR) is 120 cm³/mol. The molecule has 3 aromatic rings. The number of hydrogen-bond acceptors (Lipinski definition) is 5. The number of ether oxygens (including phenoxy) is 1. The van der Waals surface area contributed by atoms with Gasteiger partial charge in [0.25, 0.3) is 0 Å². The zero-order valence-corrected chi connectivity index (χ0v) is 17.5. The van der Waals surface area contributed by atoms with Crippen molar-refractivity contribution in [3.05, 3.63) is 66.2 Å². The van der Waals surface area contributed by atoms with Gasteiger partial charge in [-0.15, -0.1) is 0 Å². The molecule has 164 valence electrons. The van der Waals surface area contributed by atoms with Crippen LogP contribution in [0.4, 0.5) is 10.1 Å². The largest absolute Gasteiger partial charge is 0.490 e. The van der Waals surface area contributed by atoms with E-state index in [2.05, 4.69) is 56.5 Å². The number of halogens is 1. The highest BCUT2D eigenvalue weighted by atomic mass is 19.1. The fraction of sp³-hybridized carbons (Fsp3) is 0.304. The lowest BCUT2D eigenvalue weighted by Crippen LogP contribution is -2.16. The fourth-order valence-electron chi connectivity index (χ4n) is 3.40. The molecule has 0 radical (unpaired) electrons. The van der Waals surface area contributed by atoms with Crippen LogP contribution in [0.2, 0.25) is 0 Å². The van der Waals surface area contributed by atoms with E-state index in [0.717, 1.165) is 12.5 Å². The van der Waals surface area contributed by atoms with Gasteiger partial charge in [-0.05, 0) is 37.6 Å². The Hall–Kier alpha value is -3.23. The second-order valence-corrected chi connectivity index (χ2v) is 7.13. The zero-order valence-electron chi connectivity index (χ0n) is 17.5. The van der Waals surface area contributed by atoms with Crippen molar-refractivity contribution in [2.45, 2.75) is 12.3 Å². The molecule has 0 bridgehead atoms. The standard InChI is InChI=1S/C13H15FN4O2.C10H13N/c1-15-2-3-20-13-4-10(9-6-17-18-7-9)11(14)5-12(13)16-8-19;1-2-4-9(5-3-1)10-6-7-11-8-10/h4-8,15H,2-3H2,1H3,(H,16,19)(H,17,18);1-5,10-11H,6-8H2. The molecule has 1 atom stereocenters. The number of hydrogen-bond donors (Lipinski definition) is 4. The van der Waals surface area contributed by atoms with E-state index >= 15 is 0 Å². The highest BCUT2D eigenvalue weighted by molar-refractivity contribution is 5.79. The van der Waals surface area contributed by atoms with E-state index < -0.39 is 5.82 Å². The third kappa shape index (κ3) is 6.37. The van der Waals surface area contributed by atoms with E-state index in [9.17, 15) is 9.18 Å². The normalized spacial score (nSPS) is 15.1. The van der Waals surface area contributed by atoms with Crippen molar-refractivity contribution in [3.8, 4) is 16.9 Å². The number of nitrogens with one attached hydrogen (secondary N) is 4. The van der Waals surface area contributed by atoms with Crippen LogP contribution in [0.5, 0.6) is 5.75 Å². The first-order valence-corrected chi connectivity index (χ1v) is 10.3. The van der Waals surface area contributed by atoms with Crippen LogP contribution in [-0.4, -0.2) is 49.9 Å². The summed E-state index contributed by atoms with van der Waals surface area (Å²) in [6, 6.07) is 13.5. The first-order valence-electron chi connectivity index (χ1n) is 10.3. The van der Waals surface area contributed by atoms with Crippen molar-refractivity contribution in [1.29, 1.82) is 0 Å². The lowest BCUT2D eigenvalue weighted by Gasteiger charge is -2.13. The van der Waals surface area contributed by atoms with E-state index in [1.54, 1.807) is 19.3 Å². The molecule has 1 saturated heterocycles. The van der Waals surface area contributed by atoms with Gasteiger partial charge in [0.15, 0.2) is 0 Å². The molecule has 1 fully saturated rings. The molecule has 2 aromatic carbocycles. The Morgan fingerprint density at radius 2 is 2.13 bits per heavy atom. The second-order valence-electron chi connectivity index (χ2n) is 7.13. The number of nitrogens with zero attached hydrogens (tertiary/aromatic N) is 1. The second kappa shape index (κ2) is 11.8. The van der Waals surface area contributed by atoms with Gasteiger partial charge in [-0.2, -0.15) is 5.10 Å². The fourth-order valence-corrected chi connectivity index (χ4v) is 3.40. The highest BCUT2D eigenvalue weighted by Crippen LogP contribution is 2.33. The van der Waals surface area contributed by atoms with E-state index in [1.165, 1.54) is 30.8 Å². The van der Waals surface area contributed by atoms with Gasteiger partial charge in [-0.25, -0.2) is 4.39 Å². The number of H-pyrrole nitrogens is 1. The summed E-state index contributed by atoms with van der Waals surface area (Å²) >= 11 is 0. The quantitative estimate of drug-likeness (QED) is 0.329. The topological polar surface area (TPSA) is 91.1 Å². The summed E-state index contributed by atoms with van der Waals surface area (Å²) < 4.78 is 19.6. The lowest BCUT2D eigenvalue weighted by atomic mass is 9.99. The van der Waals surface area contributed by atoms with Crippen LogP contribution in [0.15, 0.2) is 54.9 Å². The molecular weight excluding hydrogens is 397 g/mol. The first kappa shape index (κ1) is 22.5. The molecule has 4 N–H and O–H groups in total. The van der Waals surface area contributed by atoms with Crippen LogP contribution in [0.25, 0.3) is 11.1 Å². The number of anilines is 1. The lowest BCUT2D eigenvalue weighted by molar-refractivity contribution is -0.105. The van der Waals surface area contributed by atoms with Crippen molar-refractivity contribution in [2.24, 2.45) is 0 Å². The molecule has 0 spiro atoms. The Kier molecular flexibility index (Phi) is 8.57. The van der Waals surface area contributed by atoms with Gasteiger partial charge < -0.3 is 20.7 Å². The van der Waals surface area contributed by atoms with Gasteiger partial charge in [-0.3, -0.25) is 9.89 Å². The molecule has 1 aliphatic rings. The summed E-state index contributed by atoms with van der Waals surface area (Å²) in [6.45, 7) is 3.38. The third-order valence-electron chi connectivity index (χ3n) is 5.03. The average molecular weight is 426 g/mol. The number of carbonyl (C=O) groups excluding carboxylic acids is 1. The Labute approximate surface area is 181 Å². The molecule has 1 aromatic heterocycles. The number of likely N-dealkylation sites (N-methyl/N-ethyl adjacent to an activating group) is 1. The van der Waals surface area contributed by atoms with Gasteiger partial charge in [0.2, 0.25) is 6.41 Å². The van der Waals surface area contributed by atoms with Gasteiger partial charge >= 0.3 is 0 Å². The molecule has 4 rings (SSSR count). The Bertz CT molecular complexity index is 929. The monoisotopic (exact) mass is 425 g/mol. The van der Waals surface area contributed by atoms with Crippen LogP contribution in [0.3, 0.4) is 0 Å². The number of rotatable bonds is 8. The SMILES string of the molecule is CNCCOc1cc(-c2cn[nH]c2)c(F)cc1NC=O.c1ccc(C2CCNC2)cc1. The summed E-state index contributed by atoms with van der Waals surface area (Å²) in [7, 11) is 1.80.